The number of ether oxygens (including phenoxy) is 1. The highest BCUT2D eigenvalue weighted by atomic mass is 32.2. The molecule has 0 bridgehead atoms. The first-order chi connectivity index (χ1) is 13.6. The highest BCUT2D eigenvalue weighted by Crippen LogP contribution is 2.32. The van der Waals surface area contributed by atoms with E-state index in [4.69, 9.17) is 4.74 Å². The number of rotatable bonds is 5. The summed E-state index contributed by atoms with van der Waals surface area (Å²) >= 11 is 0. The van der Waals surface area contributed by atoms with Crippen LogP contribution in [0.2, 0.25) is 0 Å². The van der Waals surface area contributed by atoms with Gasteiger partial charge in [0.2, 0.25) is 10.0 Å². The molecule has 1 aromatic heterocycles. The van der Waals surface area contributed by atoms with Crippen LogP contribution >= 0.6 is 0 Å². The van der Waals surface area contributed by atoms with Crippen molar-refractivity contribution in [1.82, 2.24) is 14.1 Å². The summed E-state index contributed by atoms with van der Waals surface area (Å²) in [5.74, 6) is -0.430. The van der Waals surface area contributed by atoms with Crippen molar-refractivity contribution < 1.29 is 17.9 Å². The average Bonchev–Trinajstić information content (AvgIpc) is 3.15. The van der Waals surface area contributed by atoms with E-state index in [1.165, 1.54) is 4.31 Å². The molecule has 0 amide bonds. The van der Waals surface area contributed by atoms with Gasteiger partial charge in [-0.25, -0.2) is 13.2 Å². The number of piperidine rings is 1. The Morgan fingerprint density at radius 2 is 1.79 bits per heavy atom. The van der Waals surface area contributed by atoms with Gasteiger partial charge in [0.1, 0.15) is 0 Å². The molecule has 1 aliphatic rings. The molecule has 2 aromatic rings. The van der Waals surface area contributed by atoms with E-state index in [9.17, 15) is 13.2 Å². The van der Waals surface area contributed by atoms with E-state index >= 15 is 0 Å². The fraction of sp³-hybridized carbons (Fsp3) is 0.524. The number of hydrogen-bond acceptors (Lipinski definition) is 5. The molecular weight excluding hydrogens is 390 g/mol. The van der Waals surface area contributed by atoms with Crippen molar-refractivity contribution in [3.63, 3.8) is 0 Å². The van der Waals surface area contributed by atoms with Crippen LogP contribution < -0.4 is 0 Å². The molecule has 0 N–H and O–H groups in total. The van der Waals surface area contributed by atoms with Gasteiger partial charge in [0.25, 0.3) is 0 Å². The van der Waals surface area contributed by atoms with Crippen molar-refractivity contribution in [2.75, 3.05) is 19.7 Å². The number of benzene rings is 1. The first kappa shape index (κ1) is 21.5. The van der Waals surface area contributed by atoms with Gasteiger partial charge in [-0.15, -0.1) is 0 Å². The van der Waals surface area contributed by atoms with Crippen LogP contribution in [0.3, 0.4) is 0 Å². The van der Waals surface area contributed by atoms with Gasteiger partial charge in [-0.2, -0.15) is 9.40 Å². The molecule has 1 aromatic carbocycles. The highest BCUT2D eigenvalue weighted by Gasteiger charge is 2.33. The van der Waals surface area contributed by atoms with Crippen molar-refractivity contribution in [2.45, 2.75) is 56.9 Å². The van der Waals surface area contributed by atoms with Gasteiger partial charge >= 0.3 is 5.97 Å². The van der Waals surface area contributed by atoms with Crippen LogP contribution in [-0.2, 0) is 20.2 Å². The van der Waals surface area contributed by atoms with E-state index in [1.807, 2.05) is 4.68 Å². The Balaban J connectivity index is 1.81. The summed E-state index contributed by atoms with van der Waals surface area (Å²) in [6.07, 6.45) is 1.28. The van der Waals surface area contributed by atoms with Crippen molar-refractivity contribution in [3.05, 3.63) is 47.8 Å². The van der Waals surface area contributed by atoms with E-state index in [2.05, 4.69) is 25.9 Å². The van der Waals surface area contributed by atoms with Crippen LogP contribution in [0, 0.1) is 0 Å². The lowest BCUT2D eigenvalue weighted by Crippen LogP contribution is -2.40. The molecule has 1 aliphatic heterocycles. The van der Waals surface area contributed by atoms with E-state index < -0.39 is 16.0 Å². The van der Waals surface area contributed by atoms with Gasteiger partial charge in [0.05, 0.1) is 17.5 Å². The van der Waals surface area contributed by atoms with Gasteiger partial charge < -0.3 is 4.74 Å². The average molecular weight is 420 g/mol. The second kappa shape index (κ2) is 8.28. The SMILES string of the molecule is CCOC(=O)c1cc(C(C)(C)C)n(C2CCN(S(=O)(=O)c3ccccc3)CC2)n1. The predicted molar refractivity (Wildman–Crippen MR) is 110 cm³/mol. The minimum Gasteiger partial charge on any atom is -0.461 e. The predicted octanol–water partition coefficient (Wildman–Crippen LogP) is 3.38. The summed E-state index contributed by atoms with van der Waals surface area (Å²) in [6, 6.07) is 10.3. The molecule has 7 nitrogen and oxygen atoms in total. The van der Waals surface area contributed by atoms with Crippen LogP contribution in [0.5, 0.6) is 0 Å². The maximum absolute atomic E-state index is 12.9. The molecule has 0 radical (unpaired) electrons. The Kier molecular flexibility index (Phi) is 6.14. The van der Waals surface area contributed by atoms with Crippen LogP contribution in [0.25, 0.3) is 0 Å². The summed E-state index contributed by atoms with van der Waals surface area (Å²) in [5.41, 5.74) is 1.05. The summed E-state index contributed by atoms with van der Waals surface area (Å²) in [6.45, 7) is 9.12. The molecule has 8 heteroatoms. The zero-order valence-electron chi connectivity index (χ0n) is 17.5. The van der Waals surface area contributed by atoms with Gasteiger partial charge in [-0.05, 0) is 38.0 Å². The Hall–Kier alpha value is -2.19. The van der Waals surface area contributed by atoms with Gasteiger partial charge in [-0.3, -0.25) is 4.68 Å². The molecule has 29 heavy (non-hydrogen) atoms. The van der Waals surface area contributed by atoms with E-state index in [0.717, 1.165) is 5.69 Å². The zero-order valence-corrected chi connectivity index (χ0v) is 18.3. The lowest BCUT2D eigenvalue weighted by atomic mass is 9.91. The first-order valence-corrected chi connectivity index (χ1v) is 11.4. The molecule has 1 fully saturated rings. The number of nitrogens with zero attached hydrogens (tertiary/aromatic N) is 3. The highest BCUT2D eigenvalue weighted by molar-refractivity contribution is 7.89. The third kappa shape index (κ3) is 4.53. The lowest BCUT2D eigenvalue weighted by Gasteiger charge is -2.33. The van der Waals surface area contributed by atoms with Gasteiger partial charge in [0, 0.05) is 24.2 Å². The quantitative estimate of drug-likeness (QED) is 0.694. The topological polar surface area (TPSA) is 81.5 Å². The fourth-order valence-corrected chi connectivity index (χ4v) is 5.10. The Morgan fingerprint density at radius 3 is 2.34 bits per heavy atom. The number of esters is 1. The van der Waals surface area contributed by atoms with Crippen molar-refractivity contribution in [1.29, 1.82) is 0 Å². The fourth-order valence-electron chi connectivity index (χ4n) is 3.61. The number of sulfonamides is 1. The zero-order chi connectivity index (χ0) is 21.2. The number of carbonyl (C=O) groups is 1. The molecule has 3 rings (SSSR count). The van der Waals surface area contributed by atoms with Crippen molar-refractivity contribution in [3.8, 4) is 0 Å². The molecular formula is C21H29N3O4S. The van der Waals surface area contributed by atoms with Gasteiger partial charge in [0.15, 0.2) is 5.69 Å². The second-order valence-electron chi connectivity index (χ2n) is 8.28. The molecule has 0 atom stereocenters. The largest absolute Gasteiger partial charge is 0.461 e. The Morgan fingerprint density at radius 1 is 1.17 bits per heavy atom. The van der Waals surface area contributed by atoms with E-state index in [1.54, 1.807) is 43.3 Å². The molecule has 0 saturated carbocycles. The summed E-state index contributed by atoms with van der Waals surface area (Å²) < 4.78 is 34.3. The molecule has 158 valence electrons. The first-order valence-electron chi connectivity index (χ1n) is 9.97. The number of hydrogen-bond donors (Lipinski definition) is 0. The third-order valence-corrected chi connectivity index (χ3v) is 7.05. The molecule has 2 heterocycles. The smallest absolute Gasteiger partial charge is 0.358 e. The lowest BCUT2D eigenvalue weighted by molar-refractivity contribution is 0.0517. The Bertz CT molecular complexity index is 954. The molecule has 0 aliphatic carbocycles. The van der Waals surface area contributed by atoms with Crippen LogP contribution in [-0.4, -0.2) is 48.2 Å². The minimum absolute atomic E-state index is 0.0367. The maximum Gasteiger partial charge on any atom is 0.358 e. The maximum atomic E-state index is 12.9. The van der Waals surface area contributed by atoms with E-state index in [-0.39, 0.29) is 11.5 Å². The van der Waals surface area contributed by atoms with Crippen LogP contribution in [0.1, 0.15) is 62.8 Å². The normalized spacial score (nSPS) is 16.7. The molecule has 0 unspecified atom stereocenters. The Labute approximate surface area is 172 Å². The standard InChI is InChI=1S/C21H29N3O4S/c1-5-28-20(25)18-15-19(21(2,3)4)24(22-18)16-11-13-23(14-12-16)29(26,27)17-9-7-6-8-10-17/h6-10,15-16H,5,11-14H2,1-4H3. The minimum atomic E-state index is -3.49. The monoisotopic (exact) mass is 419 g/mol. The summed E-state index contributed by atoms with van der Waals surface area (Å²) in [5, 5.41) is 4.54. The van der Waals surface area contributed by atoms with Crippen molar-refractivity contribution >= 4 is 16.0 Å². The van der Waals surface area contributed by atoms with Crippen LogP contribution in [0.4, 0.5) is 0 Å². The third-order valence-electron chi connectivity index (χ3n) is 5.14. The number of aromatic nitrogens is 2. The van der Waals surface area contributed by atoms with Gasteiger partial charge in [-0.1, -0.05) is 39.0 Å². The van der Waals surface area contributed by atoms with E-state index in [0.29, 0.717) is 43.1 Å². The van der Waals surface area contributed by atoms with Crippen molar-refractivity contribution in [2.24, 2.45) is 0 Å². The molecule has 0 spiro atoms. The van der Waals surface area contributed by atoms with Crippen LogP contribution in [0.15, 0.2) is 41.3 Å². The molecule has 1 saturated heterocycles. The summed E-state index contributed by atoms with van der Waals surface area (Å²) in [7, 11) is -3.49. The summed E-state index contributed by atoms with van der Waals surface area (Å²) in [4.78, 5) is 12.5. The number of carbonyl (C=O) groups excluding carboxylic acids is 1. The second-order valence-corrected chi connectivity index (χ2v) is 10.2.